The predicted molar refractivity (Wildman–Crippen MR) is 226 cm³/mol. The third-order valence-electron chi connectivity index (χ3n) is 11.0. The Morgan fingerprint density at radius 2 is 0.887 bits per heavy atom. The Balaban J connectivity index is 1.11. The summed E-state index contributed by atoms with van der Waals surface area (Å²) in [7, 11) is -2.24. The van der Waals surface area contributed by atoms with E-state index in [2.05, 4.69) is 195 Å². The zero-order chi connectivity index (χ0) is 35.5. The maximum absolute atomic E-state index is 5.55. The number of hydrogen-bond donors (Lipinski definition) is 0. The molecule has 0 atom stereocenters. The van der Waals surface area contributed by atoms with Gasteiger partial charge in [0.2, 0.25) is 0 Å². The highest BCUT2D eigenvalue weighted by atomic mass is 28.3. The second-order valence-corrected chi connectivity index (χ2v) is 18.8. The Bertz CT molecular complexity index is 2850. The molecule has 8 aromatic carbocycles. The number of aromatic nitrogens is 2. The highest BCUT2D eigenvalue weighted by molar-refractivity contribution is 7.04. The van der Waals surface area contributed by atoms with Crippen LogP contribution in [0.1, 0.15) is 0 Å². The van der Waals surface area contributed by atoms with Gasteiger partial charge in [0.1, 0.15) is 8.07 Å². The van der Waals surface area contributed by atoms with E-state index in [1.54, 1.807) is 0 Å². The Hall–Kier alpha value is -6.42. The van der Waals surface area contributed by atoms with Crippen molar-refractivity contribution in [2.75, 3.05) is 0 Å². The minimum Gasteiger partial charge on any atom is -0.237 e. The molecule has 0 radical (unpaired) electrons. The van der Waals surface area contributed by atoms with Crippen LogP contribution in [-0.4, -0.2) is 18.0 Å². The van der Waals surface area contributed by atoms with Gasteiger partial charge in [0.25, 0.3) is 0 Å². The van der Waals surface area contributed by atoms with Crippen molar-refractivity contribution in [2.24, 2.45) is 0 Å². The lowest BCUT2D eigenvalue weighted by atomic mass is 9.94. The molecule has 1 aromatic heterocycles. The first kappa shape index (κ1) is 31.3. The van der Waals surface area contributed by atoms with E-state index in [9.17, 15) is 0 Å². The molecule has 0 fully saturated rings. The quantitative estimate of drug-likeness (QED) is 0.168. The lowest BCUT2D eigenvalue weighted by molar-refractivity contribution is 1.21. The van der Waals surface area contributed by atoms with Gasteiger partial charge >= 0.3 is 0 Å². The van der Waals surface area contributed by atoms with Gasteiger partial charge in [-0.3, -0.25) is 0 Å². The summed E-state index contributed by atoms with van der Waals surface area (Å²) in [6.07, 6.45) is 0. The predicted octanol–water partition coefficient (Wildman–Crippen LogP) is 11.9. The Morgan fingerprint density at radius 3 is 1.62 bits per heavy atom. The van der Waals surface area contributed by atoms with Gasteiger partial charge in [-0.05, 0) is 77.8 Å². The molecule has 0 unspecified atom stereocenters. The minimum absolute atomic E-state index is 0.777. The summed E-state index contributed by atoms with van der Waals surface area (Å²) < 4.78 is 0. The first-order valence-electron chi connectivity index (χ1n) is 18.3. The molecule has 53 heavy (non-hydrogen) atoms. The van der Waals surface area contributed by atoms with Crippen molar-refractivity contribution in [3.8, 4) is 67.2 Å². The van der Waals surface area contributed by atoms with E-state index in [1.807, 2.05) is 0 Å². The summed E-state index contributed by atoms with van der Waals surface area (Å²) in [6, 6.07) is 65.6. The molecule has 1 aliphatic rings. The van der Waals surface area contributed by atoms with Crippen LogP contribution < -0.4 is 10.5 Å². The summed E-state index contributed by atoms with van der Waals surface area (Å²) >= 11 is 0. The molecule has 0 aliphatic carbocycles. The number of hydrogen-bond acceptors (Lipinski definition) is 2. The molecule has 3 heteroatoms. The molecule has 2 heterocycles. The van der Waals surface area contributed by atoms with Crippen LogP contribution in [0.5, 0.6) is 0 Å². The third-order valence-corrected chi connectivity index (χ3v) is 14.3. The number of nitrogens with zero attached hydrogens (tertiary/aromatic N) is 2. The third kappa shape index (κ3) is 5.24. The summed E-state index contributed by atoms with van der Waals surface area (Å²) in [5.74, 6) is 0.777. The lowest BCUT2D eigenvalue weighted by Crippen LogP contribution is -2.51. The van der Waals surface area contributed by atoms with Crippen LogP contribution in [0.15, 0.2) is 182 Å². The molecule has 9 aromatic rings. The Morgan fingerprint density at radius 1 is 0.377 bits per heavy atom. The molecule has 0 saturated carbocycles. The second-order valence-electron chi connectivity index (χ2n) is 14.6. The first-order chi connectivity index (χ1) is 26.0. The monoisotopic (exact) mass is 692 g/mol. The zero-order valence-corrected chi connectivity index (χ0v) is 30.7. The van der Waals surface area contributed by atoms with E-state index in [0.717, 1.165) is 28.2 Å². The van der Waals surface area contributed by atoms with Crippen molar-refractivity contribution in [2.45, 2.75) is 13.1 Å². The molecular weight excluding hydrogens is 657 g/mol. The van der Waals surface area contributed by atoms with Crippen molar-refractivity contribution in [1.29, 1.82) is 0 Å². The highest BCUT2D eigenvalue weighted by Crippen LogP contribution is 2.41. The molecule has 2 nitrogen and oxygen atoms in total. The maximum atomic E-state index is 5.55. The van der Waals surface area contributed by atoms with Crippen molar-refractivity contribution in [3.05, 3.63) is 182 Å². The normalized spacial score (nSPS) is 12.9. The fourth-order valence-electron chi connectivity index (χ4n) is 8.40. The fourth-order valence-corrected chi connectivity index (χ4v) is 11.7. The zero-order valence-electron chi connectivity index (χ0n) is 29.7. The van der Waals surface area contributed by atoms with Gasteiger partial charge in [0, 0.05) is 22.0 Å². The van der Waals surface area contributed by atoms with Crippen LogP contribution in [0.3, 0.4) is 0 Å². The molecule has 0 N–H and O–H groups in total. The van der Waals surface area contributed by atoms with Gasteiger partial charge in [-0.1, -0.05) is 183 Å². The molecule has 0 spiro atoms. The van der Waals surface area contributed by atoms with E-state index in [0.29, 0.717) is 0 Å². The smallest absolute Gasteiger partial charge is 0.159 e. The van der Waals surface area contributed by atoms with Crippen molar-refractivity contribution in [1.82, 2.24) is 9.97 Å². The van der Waals surface area contributed by atoms with Gasteiger partial charge in [0.15, 0.2) is 5.82 Å². The second kappa shape index (κ2) is 12.4. The van der Waals surface area contributed by atoms with E-state index < -0.39 is 8.07 Å². The SMILES string of the molecule is C[Si]1(C)c2nc(-c3cccc(-c4cccc(-c5ccc(-c6ccccc6)cc5)c4)c3)nc(-c3cccc4ccccc34)c2-c2ccc3ccccc3c21. The van der Waals surface area contributed by atoms with E-state index in [1.165, 1.54) is 71.0 Å². The standard InChI is InChI=1S/C50H36N2Si/c1-53(2)48-43-23-9-7-16-37(43)29-30-45(48)46-47(44-24-12-17-36-15-6-8-22-42(36)44)51-49(52-50(46)53)41-21-11-20-40(32-41)39-19-10-18-38(31-39)35-27-25-34(26-28-35)33-13-4-3-5-14-33/h3-32H,1-2H3. The fraction of sp³-hybridized carbons (Fsp3) is 0.0400. The Labute approximate surface area is 311 Å². The van der Waals surface area contributed by atoms with Crippen LogP contribution in [-0.2, 0) is 0 Å². The molecular formula is C50H36N2Si. The van der Waals surface area contributed by atoms with Crippen molar-refractivity contribution < 1.29 is 0 Å². The molecule has 0 bridgehead atoms. The maximum Gasteiger partial charge on any atom is 0.159 e. The van der Waals surface area contributed by atoms with E-state index in [-0.39, 0.29) is 0 Å². The minimum atomic E-state index is -2.24. The van der Waals surface area contributed by atoms with Crippen molar-refractivity contribution in [3.63, 3.8) is 0 Å². The van der Waals surface area contributed by atoms with Gasteiger partial charge in [-0.25, -0.2) is 9.97 Å². The van der Waals surface area contributed by atoms with E-state index >= 15 is 0 Å². The summed E-state index contributed by atoms with van der Waals surface area (Å²) in [5, 5.41) is 7.70. The first-order valence-corrected chi connectivity index (χ1v) is 21.3. The average Bonchev–Trinajstić information content (AvgIpc) is 3.47. The largest absolute Gasteiger partial charge is 0.237 e. The van der Waals surface area contributed by atoms with E-state index in [4.69, 9.17) is 9.97 Å². The van der Waals surface area contributed by atoms with Gasteiger partial charge in [-0.15, -0.1) is 0 Å². The van der Waals surface area contributed by atoms with Gasteiger partial charge in [-0.2, -0.15) is 0 Å². The summed E-state index contributed by atoms with van der Waals surface area (Å²) in [6.45, 7) is 4.92. The van der Waals surface area contributed by atoms with Crippen LogP contribution in [0.25, 0.3) is 88.7 Å². The molecule has 1 aliphatic heterocycles. The number of benzene rings is 8. The molecule has 0 amide bonds. The highest BCUT2D eigenvalue weighted by Gasteiger charge is 2.43. The summed E-state index contributed by atoms with van der Waals surface area (Å²) in [4.78, 5) is 11.1. The van der Waals surface area contributed by atoms with Crippen molar-refractivity contribution >= 4 is 40.1 Å². The van der Waals surface area contributed by atoms with Crippen LogP contribution >= 0.6 is 0 Å². The topological polar surface area (TPSA) is 25.8 Å². The number of rotatable bonds is 5. The van der Waals surface area contributed by atoms with Crippen LogP contribution in [0, 0.1) is 0 Å². The van der Waals surface area contributed by atoms with Crippen LogP contribution in [0.4, 0.5) is 0 Å². The van der Waals surface area contributed by atoms with Crippen LogP contribution in [0.2, 0.25) is 13.1 Å². The molecule has 0 saturated heterocycles. The lowest BCUT2D eigenvalue weighted by Gasteiger charge is -2.20. The molecule has 10 rings (SSSR count). The summed E-state index contributed by atoms with van der Waals surface area (Å²) in [5.41, 5.74) is 12.8. The molecule has 250 valence electrons. The van der Waals surface area contributed by atoms with Gasteiger partial charge in [0.05, 0.1) is 5.69 Å². The van der Waals surface area contributed by atoms with Gasteiger partial charge < -0.3 is 0 Å². The number of fused-ring (bicyclic) bond motifs is 6. The average molecular weight is 693 g/mol. The Kier molecular flexibility index (Phi) is 7.31.